The molecule has 0 heterocycles. The average Bonchev–Trinajstić information content (AvgIpc) is 2.55. The average molecular weight is 319 g/mol. The van der Waals surface area contributed by atoms with Gasteiger partial charge in [-0.2, -0.15) is 0 Å². The van der Waals surface area contributed by atoms with E-state index in [0.29, 0.717) is 23.8 Å². The summed E-state index contributed by atoms with van der Waals surface area (Å²) in [6.07, 6.45) is 5.19. The monoisotopic (exact) mass is 319 g/mol. The molecule has 2 N–H and O–H groups in total. The second-order valence-electron chi connectivity index (χ2n) is 7.93. The fourth-order valence-electron chi connectivity index (χ4n) is 4.07. The molecule has 0 spiro atoms. The highest BCUT2D eigenvalue weighted by Gasteiger charge is 2.33. The van der Waals surface area contributed by atoms with E-state index in [9.17, 15) is 0 Å². The van der Waals surface area contributed by atoms with E-state index in [4.69, 9.17) is 15.2 Å². The summed E-state index contributed by atoms with van der Waals surface area (Å²) in [4.78, 5) is 0. The molecule has 2 rings (SSSR count). The standard InChI is InChI=1S/C20H33NO2/c1-20(2,3)16-9-6-14(7-10-16)17(13-21)15-8-11-18(22-4)19(12-15)23-5/h8,11-12,14,16-17H,6-7,9-10,13,21H2,1-5H3. The van der Waals surface area contributed by atoms with Crippen molar-refractivity contribution in [3.05, 3.63) is 23.8 Å². The first-order valence-electron chi connectivity index (χ1n) is 8.82. The molecule has 1 aliphatic carbocycles. The first-order valence-corrected chi connectivity index (χ1v) is 8.82. The van der Waals surface area contributed by atoms with Crippen LogP contribution in [0.5, 0.6) is 11.5 Å². The molecule has 1 aromatic carbocycles. The molecule has 23 heavy (non-hydrogen) atoms. The lowest BCUT2D eigenvalue weighted by atomic mass is 9.66. The van der Waals surface area contributed by atoms with Crippen LogP contribution in [-0.4, -0.2) is 20.8 Å². The van der Waals surface area contributed by atoms with Crippen molar-refractivity contribution in [3.8, 4) is 11.5 Å². The van der Waals surface area contributed by atoms with Crippen LogP contribution in [-0.2, 0) is 0 Å². The van der Waals surface area contributed by atoms with Gasteiger partial charge in [-0.1, -0.05) is 26.8 Å². The first-order chi connectivity index (χ1) is 10.9. The Bertz CT molecular complexity index is 499. The van der Waals surface area contributed by atoms with Gasteiger partial charge in [-0.15, -0.1) is 0 Å². The molecular formula is C20H33NO2. The normalized spacial score (nSPS) is 23.4. The Labute approximate surface area is 141 Å². The molecule has 130 valence electrons. The summed E-state index contributed by atoms with van der Waals surface area (Å²) in [6, 6.07) is 6.25. The van der Waals surface area contributed by atoms with Crippen molar-refractivity contribution in [2.75, 3.05) is 20.8 Å². The highest BCUT2D eigenvalue weighted by atomic mass is 16.5. The third-order valence-corrected chi connectivity index (χ3v) is 5.66. The quantitative estimate of drug-likeness (QED) is 0.862. The maximum Gasteiger partial charge on any atom is 0.160 e. The van der Waals surface area contributed by atoms with Gasteiger partial charge in [0.2, 0.25) is 0 Å². The molecular weight excluding hydrogens is 286 g/mol. The summed E-state index contributed by atoms with van der Waals surface area (Å²) in [5.41, 5.74) is 7.85. The van der Waals surface area contributed by atoms with Crippen LogP contribution in [0.25, 0.3) is 0 Å². The van der Waals surface area contributed by atoms with Crippen molar-refractivity contribution in [2.24, 2.45) is 23.0 Å². The van der Waals surface area contributed by atoms with Crippen molar-refractivity contribution < 1.29 is 9.47 Å². The molecule has 0 radical (unpaired) electrons. The second-order valence-corrected chi connectivity index (χ2v) is 7.93. The lowest BCUT2D eigenvalue weighted by molar-refractivity contribution is 0.140. The number of nitrogens with two attached hydrogens (primary N) is 1. The van der Waals surface area contributed by atoms with E-state index in [0.717, 1.165) is 17.4 Å². The fraction of sp³-hybridized carbons (Fsp3) is 0.700. The lowest BCUT2D eigenvalue weighted by Gasteiger charge is -2.39. The van der Waals surface area contributed by atoms with E-state index in [2.05, 4.69) is 32.9 Å². The van der Waals surface area contributed by atoms with Gasteiger partial charge in [0, 0.05) is 0 Å². The van der Waals surface area contributed by atoms with E-state index < -0.39 is 0 Å². The molecule has 0 bridgehead atoms. The van der Waals surface area contributed by atoms with Gasteiger partial charge < -0.3 is 15.2 Å². The number of hydrogen-bond acceptors (Lipinski definition) is 3. The summed E-state index contributed by atoms with van der Waals surface area (Å²) in [6.45, 7) is 7.80. The van der Waals surface area contributed by atoms with Crippen LogP contribution >= 0.6 is 0 Å². The Morgan fingerprint density at radius 3 is 2.13 bits per heavy atom. The largest absolute Gasteiger partial charge is 0.493 e. The van der Waals surface area contributed by atoms with Crippen molar-refractivity contribution >= 4 is 0 Å². The fourth-order valence-corrected chi connectivity index (χ4v) is 4.07. The van der Waals surface area contributed by atoms with Crippen molar-refractivity contribution in [2.45, 2.75) is 52.4 Å². The van der Waals surface area contributed by atoms with Gasteiger partial charge in [0.1, 0.15) is 0 Å². The maximum absolute atomic E-state index is 6.15. The molecule has 1 fully saturated rings. The third-order valence-electron chi connectivity index (χ3n) is 5.66. The molecule has 1 atom stereocenters. The Kier molecular flexibility index (Phi) is 5.96. The summed E-state index contributed by atoms with van der Waals surface area (Å²) >= 11 is 0. The van der Waals surface area contributed by atoms with Gasteiger partial charge in [-0.05, 0) is 73.1 Å². The minimum absolute atomic E-state index is 0.413. The minimum Gasteiger partial charge on any atom is -0.493 e. The summed E-state index contributed by atoms with van der Waals surface area (Å²) < 4.78 is 10.8. The van der Waals surface area contributed by atoms with Crippen molar-refractivity contribution in [1.82, 2.24) is 0 Å². The summed E-state index contributed by atoms with van der Waals surface area (Å²) in [7, 11) is 3.36. The minimum atomic E-state index is 0.413. The van der Waals surface area contributed by atoms with Crippen LogP contribution in [0.15, 0.2) is 18.2 Å². The Balaban J connectivity index is 2.12. The molecule has 1 saturated carbocycles. The maximum atomic E-state index is 6.15. The van der Waals surface area contributed by atoms with Gasteiger partial charge >= 0.3 is 0 Å². The van der Waals surface area contributed by atoms with Crippen LogP contribution in [0.3, 0.4) is 0 Å². The van der Waals surface area contributed by atoms with Crippen LogP contribution < -0.4 is 15.2 Å². The van der Waals surface area contributed by atoms with E-state index in [-0.39, 0.29) is 0 Å². The molecule has 0 saturated heterocycles. The number of benzene rings is 1. The number of ether oxygens (including phenoxy) is 2. The molecule has 3 heteroatoms. The summed E-state index contributed by atoms with van der Waals surface area (Å²) in [5, 5.41) is 0. The second kappa shape index (κ2) is 7.57. The van der Waals surface area contributed by atoms with Gasteiger partial charge in [-0.3, -0.25) is 0 Å². The lowest BCUT2D eigenvalue weighted by Crippen LogP contribution is -2.30. The van der Waals surface area contributed by atoms with E-state index >= 15 is 0 Å². The van der Waals surface area contributed by atoms with Crippen LogP contribution in [0.4, 0.5) is 0 Å². The zero-order valence-corrected chi connectivity index (χ0v) is 15.4. The number of methoxy groups -OCH3 is 2. The predicted octanol–water partition coefficient (Wildman–Crippen LogP) is 4.60. The molecule has 1 unspecified atom stereocenters. The Morgan fingerprint density at radius 2 is 1.65 bits per heavy atom. The SMILES string of the molecule is COc1ccc(C(CN)C2CCC(C(C)(C)C)CC2)cc1OC. The predicted molar refractivity (Wildman–Crippen MR) is 96.2 cm³/mol. The highest BCUT2D eigenvalue weighted by molar-refractivity contribution is 5.44. The number of rotatable bonds is 5. The molecule has 0 aliphatic heterocycles. The van der Waals surface area contributed by atoms with Gasteiger partial charge in [0.15, 0.2) is 11.5 Å². The third kappa shape index (κ3) is 4.20. The van der Waals surface area contributed by atoms with E-state index in [1.807, 2.05) is 6.07 Å². The molecule has 3 nitrogen and oxygen atoms in total. The van der Waals surface area contributed by atoms with Gasteiger partial charge in [0.05, 0.1) is 14.2 Å². The summed E-state index contributed by atoms with van der Waals surface area (Å²) in [5.74, 6) is 3.50. The van der Waals surface area contributed by atoms with Gasteiger partial charge in [0.25, 0.3) is 0 Å². The van der Waals surface area contributed by atoms with E-state index in [1.165, 1.54) is 31.2 Å². The van der Waals surface area contributed by atoms with Crippen LogP contribution in [0.2, 0.25) is 0 Å². The molecule has 0 aromatic heterocycles. The zero-order valence-electron chi connectivity index (χ0n) is 15.4. The zero-order chi connectivity index (χ0) is 17.0. The van der Waals surface area contributed by atoms with Crippen molar-refractivity contribution in [1.29, 1.82) is 0 Å². The smallest absolute Gasteiger partial charge is 0.160 e. The number of hydrogen-bond donors (Lipinski definition) is 1. The van der Waals surface area contributed by atoms with Crippen molar-refractivity contribution in [3.63, 3.8) is 0 Å². The van der Waals surface area contributed by atoms with E-state index in [1.54, 1.807) is 14.2 Å². The Hall–Kier alpha value is -1.22. The van der Waals surface area contributed by atoms with Crippen LogP contribution in [0, 0.1) is 17.3 Å². The highest BCUT2D eigenvalue weighted by Crippen LogP contribution is 2.44. The molecule has 0 amide bonds. The molecule has 1 aromatic rings. The molecule has 1 aliphatic rings. The topological polar surface area (TPSA) is 44.5 Å². The van der Waals surface area contributed by atoms with Crippen LogP contribution in [0.1, 0.15) is 57.9 Å². The Morgan fingerprint density at radius 1 is 1.04 bits per heavy atom. The first kappa shape index (κ1) is 18.1. The van der Waals surface area contributed by atoms with Gasteiger partial charge in [-0.25, -0.2) is 0 Å².